The van der Waals surface area contributed by atoms with Crippen LogP contribution >= 0.6 is 23.2 Å². The Morgan fingerprint density at radius 2 is 1.97 bits per heavy atom. The number of amides is 2. The first kappa shape index (κ1) is 19.1. The summed E-state index contributed by atoms with van der Waals surface area (Å²) in [6.07, 6.45) is 2.60. The summed E-state index contributed by atoms with van der Waals surface area (Å²) in [4.78, 5) is 31.1. The summed E-state index contributed by atoms with van der Waals surface area (Å²) < 4.78 is 7.24. The minimum Gasteiger partial charge on any atom is -0.619 e. The number of methoxy groups -OCH3 is 1. The van der Waals surface area contributed by atoms with Gasteiger partial charge in [0.15, 0.2) is 24.0 Å². The van der Waals surface area contributed by atoms with E-state index in [-0.39, 0.29) is 38.9 Å². The third-order valence-corrected chi connectivity index (χ3v) is 4.80. The zero-order chi connectivity index (χ0) is 20.7. The van der Waals surface area contributed by atoms with Gasteiger partial charge < -0.3 is 9.94 Å². The fourth-order valence-corrected chi connectivity index (χ4v) is 3.27. The minimum atomic E-state index is -1.04. The van der Waals surface area contributed by atoms with Crippen LogP contribution in [0.1, 0.15) is 5.82 Å². The number of aromatic nitrogens is 4. The van der Waals surface area contributed by atoms with E-state index in [2.05, 4.69) is 20.2 Å². The zero-order valence-electron chi connectivity index (χ0n) is 14.7. The SMILES string of the molecule is COCc1nnc(-c2ccc[n+]([O-])c2)n1-c1c(Cl)c(Cl)cc2c1=NC(=O)C(=O)N=2. The van der Waals surface area contributed by atoms with Gasteiger partial charge in [0.05, 0.1) is 26.7 Å². The number of nitrogens with zero attached hydrogens (tertiary/aromatic N) is 6. The molecule has 0 aliphatic carbocycles. The summed E-state index contributed by atoms with van der Waals surface area (Å²) in [5.41, 5.74) is 0.560. The van der Waals surface area contributed by atoms with E-state index in [1.807, 2.05) is 0 Å². The number of hydrogen-bond donors (Lipinski definition) is 0. The van der Waals surface area contributed by atoms with Gasteiger partial charge >= 0.3 is 11.8 Å². The van der Waals surface area contributed by atoms with Crippen molar-refractivity contribution in [2.45, 2.75) is 6.61 Å². The van der Waals surface area contributed by atoms with Gasteiger partial charge in [-0.3, -0.25) is 14.2 Å². The van der Waals surface area contributed by atoms with Crippen LogP contribution in [-0.4, -0.2) is 33.7 Å². The molecule has 12 heteroatoms. The average Bonchev–Trinajstić information content (AvgIpc) is 3.08. The Morgan fingerprint density at radius 3 is 2.69 bits per heavy atom. The van der Waals surface area contributed by atoms with Gasteiger partial charge in [-0.1, -0.05) is 23.2 Å². The topological polar surface area (TPSA) is 126 Å². The van der Waals surface area contributed by atoms with Crippen molar-refractivity contribution in [1.29, 1.82) is 0 Å². The van der Waals surface area contributed by atoms with E-state index in [0.29, 0.717) is 16.1 Å². The van der Waals surface area contributed by atoms with Crippen molar-refractivity contribution in [2.24, 2.45) is 9.98 Å². The smallest absolute Gasteiger partial charge is 0.338 e. The molecule has 1 aliphatic heterocycles. The predicted molar refractivity (Wildman–Crippen MR) is 98.8 cm³/mol. The summed E-state index contributed by atoms with van der Waals surface area (Å²) in [5.74, 6) is -1.53. The molecule has 10 nitrogen and oxygen atoms in total. The van der Waals surface area contributed by atoms with Crippen LogP contribution in [0.4, 0.5) is 0 Å². The standard InChI is InChI=1S/C17H10Cl2N6O4/c1-29-7-11-22-23-15(8-3-2-4-24(28)6-8)25(11)14-12(19)9(18)5-10-13(14)21-17(27)16(26)20-10/h2-6H,7H2,1H3. The van der Waals surface area contributed by atoms with Crippen LogP contribution in [0.5, 0.6) is 0 Å². The first-order valence-electron chi connectivity index (χ1n) is 8.07. The molecule has 2 aromatic heterocycles. The predicted octanol–water partition coefficient (Wildman–Crippen LogP) is 0.327. The van der Waals surface area contributed by atoms with Crippen molar-refractivity contribution >= 4 is 35.0 Å². The highest BCUT2D eigenvalue weighted by Gasteiger charge is 2.25. The molecule has 0 saturated heterocycles. The molecule has 0 bridgehead atoms. The first-order valence-corrected chi connectivity index (χ1v) is 8.83. The molecule has 0 atom stereocenters. The van der Waals surface area contributed by atoms with Crippen molar-refractivity contribution in [3.63, 3.8) is 0 Å². The van der Waals surface area contributed by atoms with Gasteiger partial charge in [-0.05, 0) is 12.1 Å². The first-order chi connectivity index (χ1) is 13.9. The third kappa shape index (κ3) is 3.27. The van der Waals surface area contributed by atoms with E-state index in [1.165, 1.54) is 36.2 Å². The zero-order valence-corrected chi connectivity index (χ0v) is 16.2. The fourth-order valence-electron chi connectivity index (χ4n) is 2.84. The van der Waals surface area contributed by atoms with E-state index < -0.39 is 11.8 Å². The van der Waals surface area contributed by atoms with Crippen LogP contribution in [0, 0.1) is 5.21 Å². The maximum atomic E-state index is 11.9. The summed E-state index contributed by atoms with van der Waals surface area (Å²) in [5, 5.41) is 20.2. The largest absolute Gasteiger partial charge is 0.619 e. The molecule has 0 fully saturated rings. The number of halogens is 2. The lowest BCUT2D eigenvalue weighted by Crippen LogP contribution is -2.38. The number of carbonyl (C=O) groups excluding carboxylic acids is 2. The highest BCUT2D eigenvalue weighted by molar-refractivity contribution is 6.43. The molecule has 3 heterocycles. The molecule has 146 valence electrons. The lowest BCUT2D eigenvalue weighted by molar-refractivity contribution is -0.604. The second-order valence-corrected chi connectivity index (χ2v) is 6.67. The molecule has 0 N–H and O–H groups in total. The molecular weight excluding hydrogens is 423 g/mol. The van der Waals surface area contributed by atoms with E-state index in [4.69, 9.17) is 27.9 Å². The molecule has 0 unspecified atom stereocenters. The number of benzene rings is 1. The van der Waals surface area contributed by atoms with Crippen molar-refractivity contribution < 1.29 is 19.1 Å². The third-order valence-electron chi connectivity index (χ3n) is 4.03. The van der Waals surface area contributed by atoms with Crippen molar-refractivity contribution in [3.05, 3.63) is 62.4 Å². The lowest BCUT2D eigenvalue weighted by atomic mass is 10.2. The Kier molecular flexibility index (Phi) is 4.82. The number of carbonyl (C=O) groups is 2. The van der Waals surface area contributed by atoms with Crippen LogP contribution in [0.2, 0.25) is 10.0 Å². The van der Waals surface area contributed by atoms with Gasteiger partial charge in [0.2, 0.25) is 0 Å². The van der Waals surface area contributed by atoms with E-state index in [9.17, 15) is 14.8 Å². The molecule has 3 aromatic rings. The quantitative estimate of drug-likeness (QED) is 0.332. The van der Waals surface area contributed by atoms with Crippen LogP contribution in [0.25, 0.3) is 17.1 Å². The maximum absolute atomic E-state index is 11.9. The van der Waals surface area contributed by atoms with Gasteiger partial charge in [-0.2, -0.15) is 4.73 Å². The number of pyridine rings is 1. The summed E-state index contributed by atoms with van der Waals surface area (Å²) in [6, 6.07) is 4.52. The number of hydrogen-bond acceptors (Lipinski definition) is 6. The van der Waals surface area contributed by atoms with E-state index in [0.717, 1.165) is 0 Å². The van der Waals surface area contributed by atoms with Gasteiger partial charge in [-0.25, -0.2) is 9.98 Å². The molecule has 0 radical (unpaired) electrons. The van der Waals surface area contributed by atoms with Gasteiger partial charge in [0.1, 0.15) is 12.0 Å². The summed E-state index contributed by atoms with van der Waals surface area (Å²) >= 11 is 12.7. The Morgan fingerprint density at radius 1 is 1.21 bits per heavy atom. The second kappa shape index (κ2) is 7.32. The lowest BCUT2D eigenvalue weighted by Gasteiger charge is -2.14. The van der Waals surface area contributed by atoms with Crippen LogP contribution in [0.15, 0.2) is 40.6 Å². The van der Waals surface area contributed by atoms with Crippen LogP contribution in [0.3, 0.4) is 0 Å². The van der Waals surface area contributed by atoms with Gasteiger partial charge in [0.25, 0.3) is 0 Å². The van der Waals surface area contributed by atoms with Crippen molar-refractivity contribution in [3.8, 4) is 17.1 Å². The molecule has 1 aliphatic rings. The molecule has 0 spiro atoms. The number of ether oxygens (including phenoxy) is 1. The fraction of sp³-hybridized carbons (Fsp3) is 0.118. The van der Waals surface area contributed by atoms with E-state index >= 15 is 0 Å². The molecular formula is C17H10Cl2N6O4. The number of rotatable bonds is 4. The normalized spacial score (nSPS) is 13.1. The van der Waals surface area contributed by atoms with Crippen molar-refractivity contribution in [2.75, 3.05) is 7.11 Å². The molecule has 29 heavy (non-hydrogen) atoms. The van der Waals surface area contributed by atoms with Crippen LogP contribution < -0.4 is 15.4 Å². The summed E-state index contributed by atoms with van der Waals surface area (Å²) in [7, 11) is 1.46. The second-order valence-electron chi connectivity index (χ2n) is 5.88. The van der Waals surface area contributed by atoms with Gasteiger partial charge in [-0.15, -0.1) is 10.2 Å². The summed E-state index contributed by atoms with van der Waals surface area (Å²) in [6.45, 7) is 0.0266. The Balaban J connectivity index is 2.13. The van der Waals surface area contributed by atoms with Crippen molar-refractivity contribution in [1.82, 2.24) is 14.8 Å². The average molecular weight is 433 g/mol. The Bertz CT molecular complexity index is 1300. The molecule has 2 amide bonds. The Hall–Kier alpha value is -3.21. The van der Waals surface area contributed by atoms with E-state index in [1.54, 1.807) is 6.07 Å². The molecule has 4 rings (SSSR count). The highest BCUT2D eigenvalue weighted by Crippen LogP contribution is 2.29. The maximum Gasteiger partial charge on any atom is 0.338 e. The number of fused-ring (bicyclic) bond motifs is 1. The molecule has 0 saturated carbocycles. The Labute approximate surface area is 172 Å². The monoisotopic (exact) mass is 432 g/mol. The highest BCUT2D eigenvalue weighted by atomic mass is 35.5. The van der Waals surface area contributed by atoms with Crippen LogP contribution in [-0.2, 0) is 20.9 Å². The molecule has 1 aromatic carbocycles. The van der Waals surface area contributed by atoms with Gasteiger partial charge in [0, 0.05) is 13.2 Å². The minimum absolute atomic E-state index is 0.0266.